The molecule has 33 heavy (non-hydrogen) atoms. The highest BCUT2D eigenvalue weighted by Crippen LogP contribution is 2.16. The van der Waals surface area contributed by atoms with Gasteiger partial charge in [0.1, 0.15) is 17.0 Å². The monoisotopic (exact) mass is 463 g/mol. The van der Waals surface area contributed by atoms with Crippen LogP contribution in [0.1, 0.15) is 22.3 Å². The number of carbonyl (C=O) groups excluding carboxylic acids is 1. The molecule has 0 aliphatic carbocycles. The number of amides is 1. The molecule has 2 aromatic carbocycles. The second kappa shape index (κ2) is 9.46. The smallest absolute Gasteiger partial charge is 0.332 e. The van der Waals surface area contributed by atoms with Gasteiger partial charge in [-0.05, 0) is 59.7 Å². The predicted octanol–water partition coefficient (Wildman–Crippen LogP) is 3.21. The number of hydrogen-bond donors (Lipinski definition) is 1. The Morgan fingerprint density at radius 2 is 1.70 bits per heavy atom. The SMILES string of the molecule is COc1ccc(CNC(=O)Cn2c(=O)n(Cc3ccc(C)c(C)c3)c(=O)c3sccc32)cc1. The molecule has 8 heteroatoms. The van der Waals surface area contributed by atoms with E-state index in [9.17, 15) is 14.4 Å². The summed E-state index contributed by atoms with van der Waals surface area (Å²) in [7, 11) is 1.60. The average Bonchev–Trinajstić information content (AvgIpc) is 3.31. The molecular formula is C25H25N3O4S. The van der Waals surface area contributed by atoms with Gasteiger partial charge in [-0.25, -0.2) is 4.79 Å². The maximum Gasteiger partial charge on any atom is 0.332 e. The first-order chi connectivity index (χ1) is 15.9. The summed E-state index contributed by atoms with van der Waals surface area (Å²) in [6.07, 6.45) is 0. The van der Waals surface area contributed by atoms with Crippen molar-refractivity contribution in [1.82, 2.24) is 14.5 Å². The Balaban J connectivity index is 1.60. The van der Waals surface area contributed by atoms with Gasteiger partial charge in [-0.1, -0.05) is 30.3 Å². The zero-order chi connectivity index (χ0) is 23.5. The first-order valence-corrected chi connectivity index (χ1v) is 11.4. The van der Waals surface area contributed by atoms with Crippen molar-refractivity contribution in [3.8, 4) is 5.75 Å². The van der Waals surface area contributed by atoms with Gasteiger partial charge in [-0.15, -0.1) is 11.3 Å². The third-order valence-corrected chi connectivity index (χ3v) is 6.59. The van der Waals surface area contributed by atoms with Crippen LogP contribution in [-0.4, -0.2) is 22.2 Å². The number of benzene rings is 2. The molecule has 7 nitrogen and oxygen atoms in total. The number of aromatic nitrogens is 2. The highest BCUT2D eigenvalue weighted by atomic mass is 32.1. The van der Waals surface area contributed by atoms with Gasteiger partial charge in [0.05, 0.1) is 19.2 Å². The van der Waals surface area contributed by atoms with Gasteiger partial charge in [0, 0.05) is 6.54 Å². The highest BCUT2D eigenvalue weighted by molar-refractivity contribution is 7.17. The van der Waals surface area contributed by atoms with Crippen LogP contribution >= 0.6 is 11.3 Å². The fourth-order valence-electron chi connectivity index (χ4n) is 3.65. The van der Waals surface area contributed by atoms with Crippen molar-refractivity contribution in [3.05, 3.63) is 97.0 Å². The van der Waals surface area contributed by atoms with E-state index in [4.69, 9.17) is 4.74 Å². The third kappa shape index (κ3) is 4.75. The number of methoxy groups -OCH3 is 1. The molecule has 1 N–H and O–H groups in total. The molecule has 0 unspecified atom stereocenters. The summed E-state index contributed by atoms with van der Waals surface area (Å²) in [5.41, 5.74) is 3.66. The normalized spacial score (nSPS) is 11.0. The Labute approximate surface area is 194 Å². The van der Waals surface area contributed by atoms with E-state index in [0.29, 0.717) is 16.8 Å². The molecule has 0 spiro atoms. The number of carbonyl (C=O) groups is 1. The molecule has 0 atom stereocenters. The largest absolute Gasteiger partial charge is 0.497 e. The highest BCUT2D eigenvalue weighted by Gasteiger charge is 2.17. The number of thiophene rings is 1. The lowest BCUT2D eigenvalue weighted by Gasteiger charge is -2.13. The van der Waals surface area contributed by atoms with Gasteiger partial charge in [-0.2, -0.15) is 0 Å². The van der Waals surface area contributed by atoms with E-state index in [0.717, 1.165) is 28.0 Å². The summed E-state index contributed by atoms with van der Waals surface area (Å²) in [4.78, 5) is 39.0. The lowest BCUT2D eigenvalue weighted by atomic mass is 10.1. The number of nitrogens with zero attached hydrogens (tertiary/aromatic N) is 2. The van der Waals surface area contributed by atoms with E-state index in [1.54, 1.807) is 18.6 Å². The number of ether oxygens (including phenoxy) is 1. The number of fused-ring (bicyclic) bond motifs is 1. The van der Waals surface area contributed by atoms with Crippen LogP contribution in [0.4, 0.5) is 0 Å². The van der Waals surface area contributed by atoms with Crippen LogP contribution in [0.15, 0.2) is 63.5 Å². The van der Waals surface area contributed by atoms with Crippen molar-refractivity contribution in [3.63, 3.8) is 0 Å². The third-order valence-electron chi connectivity index (χ3n) is 5.70. The molecule has 2 heterocycles. The van der Waals surface area contributed by atoms with E-state index < -0.39 is 5.69 Å². The molecule has 1 amide bonds. The van der Waals surface area contributed by atoms with Crippen LogP contribution in [0.3, 0.4) is 0 Å². The Hall–Kier alpha value is -3.65. The molecule has 0 fully saturated rings. The Kier molecular flexibility index (Phi) is 6.46. The second-order valence-electron chi connectivity index (χ2n) is 7.94. The minimum atomic E-state index is -0.497. The van der Waals surface area contributed by atoms with Crippen LogP contribution < -0.4 is 21.3 Å². The number of nitrogens with one attached hydrogen (secondary N) is 1. The van der Waals surface area contributed by atoms with E-state index >= 15 is 0 Å². The summed E-state index contributed by atoms with van der Waals surface area (Å²) >= 11 is 1.27. The van der Waals surface area contributed by atoms with Crippen LogP contribution in [0, 0.1) is 13.8 Å². The molecule has 4 rings (SSSR count). The lowest BCUT2D eigenvalue weighted by Crippen LogP contribution is -2.42. The molecule has 170 valence electrons. The lowest BCUT2D eigenvalue weighted by molar-refractivity contribution is -0.121. The van der Waals surface area contributed by atoms with E-state index in [-0.39, 0.29) is 24.6 Å². The zero-order valence-corrected chi connectivity index (χ0v) is 19.6. The molecule has 0 bridgehead atoms. The first-order valence-electron chi connectivity index (χ1n) is 10.5. The molecule has 0 saturated carbocycles. The molecule has 4 aromatic rings. The maximum absolute atomic E-state index is 13.3. The summed E-state index contributed by atoms with van der Waals surface area (Å²) in [6, 6.07) is 15.0. The van der Waals surface area contributed by atoms with E-state index in [2.05, 4.69) is 5.32 Å². The Morgan fingerprint density at radius 1 is 0.970 bits per heavy atom. The van der Waals surface area contributed by atoms with Crippen molar-refractivity contribution in [2.45, 2.75) is 33.5 Å². The molecule has 2 aromatic heterocycles. The fourth-order valence-corrected chi connectivity index (χ4v) is 4.50. The molecular weight excluding hydrogens is 438 g/mol. The molecule has 0 aliphatic rings. The van der Waals surface area contributed by atoms with Crippen LogP contribution in [0.2, 0.25) is 0 Å². The Morgan fingerprint density at radius 3 is 2.39 bits per heavy atom. The second-order valence-corrected chi connectivity index (χ2v) is 8.85. The maximum atomic E-state index is 13.3. The zero-order valence-electron chi connectivity index (χ0n) is 18.8. The summed E-state index contributed by atoms with van der Waals surface area (Å²) < 4.78 is 8.18. The number of aryl methyl sites for hydroxylation is 2. The predicted molar refractivity (Wildman–Crippen MR) is 130 cm³/mol. The van der Waals surface area contributed by atoms with Crippen molar-refractivity contribution < 1.29 is 9.53 Å². The minimum absolute atomic E-state index is 0.153. The molecule has 0 saturated heterocycles. The van der Waals surface area contributed by atoms with Crippen LogP contribution in [-0.2, 0) is 24.4 Å². The van der Waals surface area contributed by atoms with Gasteiger partial charge in [0.2, 0.25) is 5.91 Å². The van der Waals surface area contributed by atoms with E-state index in [1.807, 2.05) is 56.3 Å². The summed E-state index contributed by atoms with van der Waals surface area (Å²) in [6.45, 7) is 4.32. The van der Waals surface area contributed by atoms with Crippen molar-refractivity contribution in [2.75, 3.05) is 7.11 Å². The van der Waals surface area contributed by atoms with Gasteiger partial charge in [0.25, 0.3) is 5.56 Å². The van der Waals surface area contributed by atoms with Gasteiger partial charge in [0.15, 0.2) is 0 Å². The topological polar surface area (TPSA) is 82.3 Å². The van der Waals surface area contributed by atoms with Crippen LogP contribution in [0.5, 0.6) is 5.75 Å². The molecule has 0 aliphatic heterocycles. The van der Waals surface area contributed by atoms with Gasteiger partial charge in [-0.3, -0.25) is 18.7 Å². The standard InChI is InChI=1S/C25H25N3O4S/c1-16-4-5-19(12-17(16)2)14-28-24(30)23-21(10-11-33-23)27(25(28)31)15-22(29)26-13-18-6-8-20(32-3)9-7-18/h4-12H,13-15H2,1-3H3,(H,26,29). The quantitative estimate of drug-likeness (QED) is 0.456. The first kappa shape index (κ1) is 22.5. The number of rotatable bonds is 7. The summed E-state index contributed by atoms with van der Waals surface area (Å²) in [5, 5.41) is 4.60. The average molecular weight is 464 g/mol. The van der Waals surface area contributed by atoms with Crippen molar-refractivity contribution in [1.29, 1.82) is 0 Å². The van der Waals surface area contributed by atoms with E-state index in [1.165, 1.54) is 20.5 Å². The van der Waals surface area contributed by atoms with Crippen molar-refractivity contribution >= 4 is 27.5 Å². The fraction of sp³-hybridized carbons (Fsp3) is 0.240. The minimum Gasteiger partial charge on any atom is -0.497 e. The Bertz CT molecular complexity index is 1430. The molecule has 0 radical (unpaired) electrons. The van der Waals surface area contributed by atoms with Crippen molar-refractivity contribution in [2.24, 2.45) is 0 Å². The summed E-state index contributed by atoms with van der Waals surface area (Å²) in [5.74, 6) is 0.430. The number of hydrogen-bond acceptors (Lipinski definition) is 5. The van der Waals surface area contributed by atoms with Gasteiger partial charge < -0.3 is 10.1 Å². The van der Waals surface area contributed by atoms with Crippen LogP contribution in [0.25, 0.3) is 10.2 Å². The van der Waals surface area contributed by atoms with Gasteiger partial charge >= 0.3 is 5.69 Å².